The first-order chi connectivity index (χ1) is 12.5. The van der Waals surface area contributed by atoms with Gasteiger partial charge in [0.05, 0.1) is 17.1 Å². The number of hydrogen-bond donors (Lipinski definition) is 0. The highest BCUT2D eigenvalue weighted by Gasteiger charge is 2.07. The summed E-state index contributed by atoms with van der Waals surface area (Å²) in [4.78, 5) is 6.63. The molecule has 0 saturated carbocycles. The summed E-state index contributed by atoms with van der Waals surface area (Å²) in [5.41, 5.74) is 2.79. The zero-order valence-electron chi connectivity index (χ0n) is 15.5. The third-order valence-corrected chi connectivity index (χ3v) is 4.36. The number of para-hydroxylation sites is 1. The highest BCUT2D eigenvalue weighted by molar-refractivity contribution is 9.10. The minimum atomic E-state index is 0.247. The lowest BCUT2D eigenvalue weighted by Gasteiger charge is -2.11. The molecule has 1 heterocycles. The van der Waals surface area contributed by atoms with E-state index in [9.17, 15) is 0 Å². The Morgan fingerprint density at radius 3 is 2.81 bits per heavy atom. The van der Waals surface area contributed by atoms with E-state index >= 15 is 0 Å². The molecule has 4 nitrogen and oxygen atoms in total. The second-order valence-corrected chi connectivity index (χ2v) is 6.48. The number of halogens is 1. The Labute approximate surface area is 164 Å². The number of pyridine rings is 1. The molecule has 0 radical (unpaired) electrons. The lowest BCUT2D eigenvalue weighted by molar-refractivity contribution is 0.352. The van der Waals surface area contributed by atoms with Crippen LogP contribution in [0.5, 0.6) is 11.6 Å². The number of benzene rings is 1. The summed E-state index contributed by atoms with van der Waals surface area (Å²) in [7, 11) is 3.67. The third-order valence-electron chi connectivity index (χ3n) is 3.79. The van der Waals surface area contributed by atoms with Crippen molar-refractivity contribution in [3.8, 4) is 23.5 Å². The van der Waals surface area contributed by atoms with Crippen molar-refractivity contribution in [2.45, 2.75) is 13.8 Å². The summed E-state index contributed by atoms with van der Waals surface area (Å²) in [6.07, 6.45) is 4.08. The van der Waals surface area contributed by atoms with E-state index in [4.69, 9.17) is 9.47 Å². The molecule has 0 aliphatic carbocycles. The molecular formula is C21H23BrN2O2. The van der Waals surface area contributed by atoms with Crippen LogP contribution in [0.2, 0.25) is 0 Å². The van der Waals surface area contributed by atoms with Gasteiger partial charge in [-0.2, -0.15) is 0 Å². The van der Waals surface area contributed by atoms with Crippen molar-refractivity contribution in [3.63, 3.8) is 0 Å². The van der Waals surface area contributed by atoms with Gasteiger partial charge in [0.25, 0.3) is 0 Å². The van der Waals surface area contributed by atoms with Crippen LogP contribution < -0.4 is 9.47 Å². The maximum absolute atomic E-state index is 5.71. The SMILES string of the molecule is CCN(C)/C=C/c1cc(Br)c(OCC#Cc2ccccc2OC)nc1C. The molecule has 2 aromatic rings. The Balaban J connectivity index is 2.06. The first-order valence-electron chi connectivity index (χ1n) is 8.35. The lowest BCUT2D eigenvalue weighted by Crippen LogP contribution is -2.08. The maximum Gasteiger partial charge on any atom is 0.229 e. The molecule has 0 bridgehead atoms. The largest absolute Gasteiger partial charge is 0.495 e. The van der Waals surface area contributed by atoms with Crippen molar-refractivity contribution < 1.29 is 9.47 Å². The third kappa shape index (κ3) is 5.53. The highest BCUT2D eigenvalue weighted by Crippen LogP contribution is 2.26. The lowest BCUT2D eigenvalue weighted by atomic mass is 10.2. The van der Waals surface area contributed by atoms with Gasteiger partial charge in [-0.25, -0.2) is 4.98 Å². The molecule has 26 heavy (non-hydrogen) atoms. The van der Waals surface area contributed by atoms with Crippen LogP contribution in [0.25, 0.3) is 6.08 Å². The summed E-state index contributed by atoms with van der Waals surface area (Å²) in [5.74, 6) is 7.35. The highest BCUT2D eigenvalue weighted by atomic mass is 79.9. The summed E-state index contributed by atoms with van der Waals surface area (Å²) in [6.45, 7) is 5.27. The molecule has 0 spiro atoms. The fraction of sp³-hybridized carbons (Fsp3) is 0.286. The van der Waals surface area contributed by atoms with Crippen LogP contribution in [-0.2, 0) is 0 Å². The van der Waals surface area contributed by atoms with Gasteiger partial charge < -0.3 is 14.4 Å². The van der Waals surface area contributed by atoms with Gasteiger partial charge in [0, 0.05) is 19.3 Å². The van der Waals surface area contributed by atoms with Crippen LogP contribution >= 0.6 is 15.9 Å². The zero-order chi connectivity index (χ0) is 18.9. The molecule has 0 aliphatic rings. The standard InChI is InChI=1S/C21H23BrN2O2/c1-5-24(3)13-12-18-15-19(22)21(23-16(18)2)26-14-8-10-17-9-6-7-11-20(17)25-4/h6-7,9,11-13,15H,5,14H2,1-4H3/b13-12+. The first-order valence-corrected chi connectivity index (χ1v) is 9.14. The van der Waals surface area contributed by atoms with Crippen LogP contribution in [0.4, 0.5) is 0 Å². The monoisotopic (exact) mass is 414 g/mol. The number of nitrogens with zero attached hydrogens (tertiary/aromatic N) is 2. The fourth-order valence-electron chi connectivity index (χ4n) is 2.14. The predicted octanol–water partition coefficient (Wildman–Crippen LogP) is 4.51. The van der Waals surface area contributed by atoms with Crippen molar-refractivity contribution in [3.05, 3.63) is 57.8 Å². The van der Waals surface area contributed by atoms with Crippen molar-refractivity contribution in [1.82, 2.24) is 9.88 Å². The Hall–Kier alpha value is -2.45. The van der Waals surface area contributed by atoms with Gasteiger partial charge in [-0.3, -0.25) is 0 Å². The summed E-state index contributed by atoms with van der Waals surface area (Å²) >= 11 is 3.52. The molecule has 1 aromatic carbocycles. The fourth-order valence-corrected chi connectivity index (χ4v) is 2.59. The molecule has 5 heteroatoms. The molecule has 0 aliphatic heterocycles. The Morgan fingerprint density at radius 1 is 1.31 bits per heavy atom. The molecule has 0 saturated heterocycles. The molecule has 0 unspecified atom stereocenters. The van der Waals surface area contributed by atoms with Gasteiger partial charge in [0.15, 0.2) is 6.61 Å². The number of aryl methyl sites for hydroxylation is 1. The second-order valence-electron chi connectivity index (χ2n) is 5.63. The second kappa shape index (κ2) is 9.88. The van der Waals surface area contributed by atoms with Gasteiger partial charge in [-0.1, -0.05) is 24.0 Å². The van der Waals surface area contributed by atoms with Crippen LogP contribution in [0, 0.1) is 18.8 Å². The van der Waals surface area contributed by atoms with Crippen LogP contribution in [0.15, 0.2) is 41.0 Å². The van der Waals surface area contributed by atoms with E-state index in [2.05, 4.69) is 44.6 Å². The number of ether oxygens (including phenoxy) is 2. The molecule has 0 fully saturated rings. The Morgan fingerprint density at radius 2 is 2.08 bits per heavy atom. The minimum absolute atomic E-state index is 0.247. The first kappa shape index (κ1) is 19.9. The number of methoxy groups -OCH3 is 1. The van der Waals surface area contributed by atoms with E-state index in [1.54, 1.807) is 7.11 Å². The van der Waals surface area contributed by atoms with E-state index in [1.807, 2.05) is 56.6 Å². The van der Waals surface area contributed by atoms with Gasteiger partial charge in [0.1, 0.15) is 5.75 Å². The van der Waals surface area contributed by atoms with Crippen LogP contribution in [-0.4, -0.2) is 37.2 Å². The van der Waals surface area contributed by atoms with E-state index < -0.39 is 0 Å². The van der Waals surface area contributed by atoms with Gasteiger partial charge in [0.2, 0.25) is 5.88 Å². The topological polar surface area (TPSA) is 34.6 Å². The summed E-state index contributed by atoms with van der Waals surface area (Å²) in [6, 6.07) is 9.65. The molecule has 0 amide bonds. The van der Waals surface area contributed by atoms with Gasteiger partial charge in [-0.05, 0) is 65.8 Å². The van der Waals surface area contributed by atoms with Crippen molar-refractivity contribution in [2.75, 3.05) is 27.3 Å². The minimum Gasteiger partial charge on any atom is -0.495 e. The number of hydrogen-bond acceptors (Lipinski definition) is 4. The summed E-state index contributed by atoms with van der Waals surface area (Å²) < 4.78 is 11.8. The molecule has 0 N–H and O–H groups in total. The van der Waals surface area contributed by atoms with Crippen LogP contribution in [0.1, 0.15) is 23.7 Å². The molecule has 2 rings (SSSR count). The molecule has 0 atom stereocenters. The average molecular weight is 415 g/mol. The Bertz CT molecular complexity index is 838. The zero-order valence-corrected chi connectivity index (χ0v) is 17.1. The molecule has 136 valence electrons. The number of rotatable bonds is 6. The molecular weight excluding hydrogens is 392 g/mol. The maximum atomic E-state index is 5.71. The van der Waals surface area contributed by atoms with E-state index in [0.717, 1.165) is 33.6 Å². The molecule has 1 aromatic heterocycles. The quantitative estimate of drug-likeness (QED) is 0.651. The Kier molecular flexibility index (Phi) is 7.55. The predicted molar refractivity (Wildman–Crippen MR) is 109 cm³/mol. The normalized spacial score (nSPS) is 10.3. The number of aromatic nitrogens is 1. The van der Waals surface area contributed by atoms with Crippen molar-refractivity contribution in [1.29, 1.82) is 0 Å². The van der Waals surface area contributed by atoms with E-state index in [0.29, 0.717) is 5.88 Å². The average Bonchev–Trinajstić information content (AvgIpc) is 2.66. The van der Waals surface area contributed by atoms with Crippen molar-refractivity contribution in [2.24, 2.45) is 0 Å². The smallest absolute Gasteiger partial charge is 0.229 e. The van der Waals surface area contributed by atoms with E-state index in [-0.39, 0.29) is 6.61 Å². The van der Waals surface area contributed by atoms with E-state index in [1.165, 1.54) is 0 Å². The van der Waals surface area contributed by atoms with Gasteiger partial charge in [-0.15, -0.1) is 0 Å². The summed E-state index contributed by atoms with van der Waals surface area (Å²) in [5, 5.41) is 0. The van der Waals surface area contributed by atoms with Crippen LogP contribution in [0.3, 0.4) is 0 Å². The van der Waals surface area contributed by atoms with Gasteiger partial charge >= 0.3 is 0 Å². The van der Waals surface area contributed by atoms with Crippen molar-refractivity contribution >= 4 is 22.0 Å².